The molecule has 0 heterocycles. The largest absolute Gasteiger partial charge is 0.481 e. The number of carboxylic acid groups (broad SMARTS) is 1. The van der Waals surface area contributed by atoms with Crippen molar-refractivity contribution < 1.29 is 14.7 Å². The summed E-state index contributed by atoms with van der Waals surface area (Å²) in [7, 11) is 0. The number of carbonyl (C=O) groups is 2. The number of carboxylic acids is 1. The third-order valence-electron chi connectivity index (χ3n) is 3.76. The Labute approximate surface area is 125 Å². The number of urea groups is 1. The molecule has 2 amide bonds. The second-order valence-electron chi connectivity index (χ2n) is 5.55. The van der Waals surface area contributed by atoms with Crippen molar-refractivity contribution >= 4 is 23.8 Å². The Bertz CT molecular complexity index is 336. The number of carbonyl (C=O) groups excluding carboxylic acids is 1. The van der Waals surface area contributed by atoms with Gasteiger partial charge >= 0.3 is 12.0 Å². The molecule has 2 unspecified atom stereocenters. The molecule has 6 heteroatoms. The molecule has 0 radical (unpaired) electrons. The van der Waals surface area contributed by atoms with Gasteiger partial charge in [0.15, 0.2) is 0 Å². The van der Waals surface area contributed by atoms with Gasteiger partial charge in [-0.25, -0.2) is 4.79 Å². The maximum Gasteiger partial charge on any atom is 0.317 e. The molecule has 1 rings (SSSR count). The molecule has 116 valence electrons. The van der Waals surface area contributed by atoms with E-state index < -0.39 is 5.97 Å². The highest BCUT2D eigenvalue weighted by Gasteiger charge is 2.28. The summed E-state index contributed by atoms with van der Waals surface area (Å²) in [5.41, 5.74) is 0. The van der Waals surface area contributed by atoms with E-state index in [-0.39, 0.29) is 31.1 Å². The van der Waals surface area contributed by atoms with E-state index in [9.17, 15) is 9.59 Å². The number of amides is 2. The van der Waals surface area contributed by atoms with E-state index in [1.54, 1.807) is 16.7 Å². The van der Waals surface area contributed by atoms with E-state index in [0.717, 1.165) is 19.3 Å². The normalized spacial score (nSPS) is 22.6. The summed E-state index contributed by atoms with van der Waals surface area (Å²) >= 11 is 1.81. The van der Waals surface area contributed by atoms with Gasteiger partial charge in [0, 0.05) is 23.9 Å². The minimum Gasteiger partial charge on any atom is -0.481 e. The van der Waals surface area contributed by atoms with Crippen LogP contribution in [0, 0.1) is 0 Å². The van der Waals surface area contributed by atoms with Gasteiger partial charge in [-0.2, -0.15) is 11.8 Å². The van der Waals surface area contributed by atoms with E-state index in [0.29, 0.717) is 5.25 Å². The van der Waals surface area contributed by atoms with Crippen LogP contribution in [0.15, 0.2) is 0 Å². The lowest BCUT2D eigenvalue weighted by Gasteiger charge is -2.34. The summed E-state index contributed by atoms with van der Waals surface area (Å²) in [5.74, 6) is -0.872. The topological polar surface area (TPSA) is 69.6 Å². The second kappa shape index (κ2) is 8.39. The molecule has 0 aromatic heterocycles. The zero-order valence-electron chi connectivity index (χ0n) is 12.6. The zero-order chi connectivity index (χ0) is 15.1. The SMILES string of the molecule is CSC1CCCCC1NC(=O)N(CCC(=O)O)C(C)C. The molecular formula is C14H26N2O3S. The van der Waals surface area contributed by atoms with Crippen molar-refractivity contribution in [2.24, 2.45) is 0 Å². The van der Waals surface area contributed by atoms with Crippen molar-refractivity contribution in [3.8, 4) is 0 Å². The Balaban J connectivity index is 2.57. The smallest absolute Gasteiger partial charge is 0.317 e. The number of nitrogens with one attached hydrogen (secondary N) is 1. The van der Waals surface area contributed by atoms with Crippen LogP contribution in [0.1, 0.15) is 46.0 Å². The first-order valence-electron chi connectivity index (χ1n) is 7.27. The molecule has 0 spiro atoms. The molecule has 0 bridgehead atoms. The van der Waals surface area contributed by atoms with Crippen LogP contribution < -0.4 is 5.32 Å². The predicted octanol–water partition coefficient (Wildman–Crippen LogP) is 2.56. The number of rotatable bonds is 6. The maximum atomic E-state index is 12.3. The van der Waals surface area contributed by atoms with Crippen LogP contribution in [0.4, 0.5) is 4.79 Å². The van der Waals surface area contributed by atoms with E-state index in [2.05, 4.69) is 11.6 Å². The summed E-state index contributed by atoms with van der Waals surface area (Å²) in [6, 6.07) is 0.0789. The van der Waals surface area contributed by atoms with Gasteiger partial charge in [0.2, 0.25) is 0 Å². The molecule has 2 atom stereocenters. The Kier molecular flexibility index (Phi) is 7.19. The highest BCUT2D eigenvalue weighted by molar-refractivity contribution is 7.99. The van der Waals surface area contributed by atoms with Gasteiger partial charge in [-0.1, -0.05) is 12.8 Å². The van der Waals surface area contributed by atoms with Gasteiger partial charge < -0.3 is 15.3 Å². The number of thioether (sulfide) groups is 1. The Morgan fingerprint density at radius 2 is 2.00 bits per heavy atom. The van der Waals surface area contributed by atoms with Crippen molar-refractivity contribution in [2.75, 3.05) is 12.8 Å². The summed E-state index contributed by atoms with van der Waals surface area (Å²) in [4.78, 5) is 24.6. The van der Waals surface area contributed by atoms with Gasteiger partial charge in [-0.05, 0) is 32.9 Å². The van der Waals surface area contributed by atoms with Gasteiger partial charge in [0.25, 0.3) is 0 Å². The van der Waals surface area contributed by atoms with Crippen LogP contribution in [0.5, 0.6) is 0 Å². The van der Waals surface area contributed by atoms with Crippen molar-refractivity contribution in [3.05, 3.63) is 0 Å². The van der Waals surface area contributed by atoms with Crippen LogP contribution in [0.2, 0.25) is 0 Å². The number of aliphatic carboxylic acids is 1. The second-order valence-corrected chi connectivity index (χ2v) is 6.62. The summed E-state index contributed by atoms with van der Waals surface area (Å²) in [6.45, 7) is 4.08. The molecule has 1 aliphatic rings. The Hall–Kier alpha value is -0.910. The monoisotopic (exact) mass is 302 g/mol. The molecule has 0 aliphatic heterocycles. The van der Waals surface area contributed by atoms with E-state index in [1.807, 2.05) is 13.8 Å². The van der Waals surface area contributed by atoms with Crippen LogP contribution >= 0.6 is 11.8 Å². The highest BCUT2D eigenvalue weighted by atomic mass is 32.2. The number of hydrogen-bond acceptors (Lipinski definition) is 3. The fraction of sp³-hybridized carbons (Fsp3) is 0.857. The third-order valence-corrected chi connectivity index (χ3v) is 4.93. The van der Waals surface area contributed by atoms with E-state index in [1.165, 1.54) is 6.42 Å². The quantitative estimate of drug-likeness (QED) is 0.791. The fourth-order valence-corrected chi connectivity index (χ4v) is 3.53. The van der Waals surface area contributed by atoms with Crippen molar-refractivity contribution in [3.63, 3.8) is 0 Å². The molecule has 1 aliphatic carbocycles. The standard InChI is InChI=1S/C14H26N2O3S/c1-10(2)16(9-8-13(17)18)14(19)15-11-6-4-5-7-12(11)20-3/h10-12H,4-9H2,1-3H3,(H,15,19)(H,17,18). The van der Waals surface area contributed by atoms with Crippen LogP contribution in [0.3, 0.4) is 0 Å². The summed E-state index contributed by atoms with van der Waals surface area (Å²) in [6.07, 6.45) is 6.61. The number of nitrogens with zero attached hydrogens (tertiary/aromatic N) is 1. The van der Waals surface area contributed by atoms with E-state index in [4.69, 9.17) is 5.11 Å². The molecule has 0 saturated heterocycles. The molecule has 0 aromatic carbocycles. The molecule has 1 fully saturated rings. The minimum atomic E-state index is -0.872. The van der Waals surface area contributed by atoms with Gasteiger partial charge in [-0.15, -0.1) is 0 Å². The molecule has 2 N–H and O–H groups in total. The first-order valence-corrected chi connectivity index (χ1v) is 8.56. The molecular weight excluding hydrogens is 276 g/mol. The Morgan fingerprint density at radius 3 is 2.55 bits per heavy atom. The zero-order valence-corrected chi connectivity index (χ0v) is 13.4. The van der Waals surface area contributed by atoms with Crippen LogP contribution in [-0.2, 0) is 4.79 Å². The lowest BCUT2D eigenvalue weighted by molar-refractivity contribution is -0.137. The van der Waals surface area contributed by atoms with Crippen molar-refractivity contribution in [2.45, 2.75) is 63.3 Å². The van der Waals surface area contributed by atoms with Crippen LogP contribution in [0.25, 0.3) is 0 Å². The van der Waals surface area contributed by atoms with Gasteiger partial charge in [-0.3, -0.25) is 4.79 Å². The van der Waals surface area contributed by atoms with Gasteiger partial charge in [0.1, 0.15) is 0 Å². The predicted molar refractivity (Wildman–Crippen MR) is 82.2 cm³/mol. The van der Waals surface area contributed by atoms with Gasteiger partial charge in [0.05, 0.1) is 6.42 Å². The van der Waals surface area contributed by atoms with E-state index >= 15 is 0 Å². The third kappa shape index (κ3) is 5.23. The number of hydrogen-bond donors (Lipinski definition) is 2. The minimum absolute atomic E-state index is 0.00525. The highest BCUT2D eigenvalue weighted by Crippen LogP contribution is 2.27. The maximum absolute atomic E-state index is 12.3. The Morgan fingerprint density at radius 1 is 1.35 bits per heavy atom. The summed E-state index contributed by atoms with van der Waals surface area (Å²) < 4.78 is 0. The molecule has 0 aromatic rings. The first kappa shape index (κ1) is 17.1. The lowest BCUT2D eigenvalue weighted by atomic mass is 9.95. The molecule has 5 nitrogen and oxygen atoms in total. The molecule has 1 saturated carbocycles. The van der Waals surface area contributed by atoms with Crippen molar-refractivity contribution in [1.82, 2.24) is 10.2 Å². The average molecular weight is 302 g/mol. The van der Waals surface area contributed by atoms with Crippen molar-refractivity contribution in [1.29, 1.82) is 0 Å². The van der Waals surface area contributed by atoms with Crippen LogP contribution in [-0.4, -0.2) is 52.1 Å². The first-order chi connectivity index (χ1) is 9.45. The fourth-order valence-electron chi connectivity index (χ4n) is 2.60. The summed E-state index contributed by atoms with van der Waals surface area (Å²) in [5, 5.41) is 12.3. The molecule has 20 heavy (non-hydrogen) atoms. The lowest BCUT2D eigenvalue weighted by Crippen LogP contribution is -2.51. The average Bonchev–Trinajstić information content (AvgIpc) is 2.38.